The summed E-state index contributed by atoms with van der Waals surface area (Å²) in [5, 5.41) is 23.8. The third kappa shape index (κ3) is 41.1. The van der Waals surface area contributed by atoms with Gasteiger partial charge in [-0.2, -0.15) is 0 Å². The summed E-state index contributed by atoms with van der Waals surface area (Å²) >= 11 is 0. The largest absolute Gasteiger partial charge is 0.462 e. The zero-order valence-corrected chi connectivity index (χ0v) is 38.9. The highest BCUT2D eigenvalue weighted by Crippen LogP contribution is 2.18. The number of ether oxygens (including phenoxy) is 1. The maximum atomic E-state index is 13.2. The number of esters is 1. The highest BCUT2D eigenvalue weighted by Gasteiger charge is 2.24. The zero-order chi connectivity index (χ0) is 42.4. The van der Waals surface area contributed by atoms with Gasteiger partial charge in [-0.15, -0.1) is 0 Å². The number of unbranched alkanes of at least 4 members (excludes halogenated alkanes) is 30. The number of aliphatic hydroxyl groups excluding tert-OH is 2. The summed E-state index contributed by atoms with van der Waals surface area (Å²) in [5.74, 6) is -0.477. The molecule has 0 aromatic heterocycles. The first-order valence-electron chi connectivity index (χ1n) is 25.6. The summed E-state index contributed by atoms with van der Waals surface area (Å²) in [4.78, 5) is 26.1. The summed E-state index contributed by atoms with van der Waals surface area (Å²) < 4.78 is 5.92. The van der Waals surface area contributed by atoms with Crippen molar-refractivity contribution in [2.45, 2.75) is 289 Å². The molecule has 58 heavy (non-hydrogen) atoms. The number of aliphatic hydroxyl groups is 2. The van der Waals surface area contributed by atoms with Crippen LogP contribution in [0.5, 0.6) is 0 Å². The number of hydrogen-bond donors (Lipinski definition) is 3. The maximum Gasteiger partial charge on any atom is 0.306 e. The van der Waals surface area contributed by atoms with Crippen LogP contribution in [-0.2, 0) is 14.3 Å². The Morgan fingerprint density at radius 3 is 1.34 bits per heavy atom. The quantitative estimate of drug-likeness (QED) is 0.0323. The van der Waals surface area contributed by atoms with Gasteiger partial charge in [0.2, 0.25) is 5.91 Å². The minimum Gasteiger partial charge on any atom is -0.462 e. The predicted molar refractivity (Wildman–Crippen MR) is 250 cm³/mol. The predicted octanol–water partition coefficient (Wildman–Crippen LogP) is 15.1. The molecule has 0 aliphatic heterocycles. The Bertz CT molecular complexity index is 919. The van der Waals surface area contributed by atoms with E-state index in [1.54, 1.807) is 0 Å². The second-order valence-electron chi connectivity index (χ2n) is 17.6. The van der Waals surface area contributed by atoms with Gasteiger partial charge in [0.05, 0.1) is 25.2 Å². The van der Waals surface area contributed by atoms with E-state index < -0.39 is 18.2 Å². The molecule has 0 rings (SSSR count). The topological polar surface area (TPSA) is 95.9 Å². The van der Waals surface area contributed by atoms with Gasteiger partial charge in [-0.25, -0.2) is 0 Å². The average molecular weight is 818 g/mol. The molecule has 3 unspecified atom stereocenters. The molecule has 0 radical (unpaired) electrons. The van der Waals surface area contributed by atoms with Gasteiger partial charge < -0.3 is 20.3 Å². The first-order chi connectivity index (χ1) is 28.5. The fourth-order valence-electron chi connectivity index (χ4n) is 7.87. The van der Waals surface area contributed by atoms with E-state index in [4.69, 9.17) is 4.74 Å². The summed E-state index contributed by atoms with van der Waals surface area (Å²) in [6.07, 6.45) is 52.3. The van der Waals surface area contributed by atoms with E-state index in [-0.39, 0.29) is 24.9 Å². The molecular formula is C52H99NO5. The van der Waals surface area contributed by atoms with Crippen molar-refractivity contribution in [3.8, 4) is 0 Å². The monoisotopic (exact) mass is 818 g/mol. The van der Waals surface area contributed by atoms with Crippen molar-refractivity contribution in [3.63, 3.8) is 0 Å². The van der Waals surface area contributed by atoms with Crippen LogP contribution in [0.2, 0.25) is 0 Å². The van der Waals surface area contributed by atoms with Gasteiger partial charge in [-0.3, -0.25) is 9.59 Å². The van der Waals surface area contributed by atoms with Crippen LogP contribution < -0.4 is 5.32 Å². The van der Waals surface area contributed by atoms with Crippen molar-refractivity contribution in [1.29, 1.82) is 0 Å². The first-order valence-corrected chi connectivity index (χ1v) is 25.6. The number of allylic oxidation sites excluding steroid dienone is 4. The van der Waals surface area contributed by atoms with Crippen LogP contribution in [0.4, 0.5) is 0 Å². The number of carbonyl (C=O) groups is 2. The van der Waals surface area contributed by atoms with Gasteiger partial charge in [0.25, 0.3) is 0 Å². The van der Waals surface area contributed by atoms with Crippen LogP contribution in [0.25, 0.3) is 0 Å². The van der Waals surface area contributed by atoms with Gasteiger partial charge in [-0.05, 0) is 57.8 Å². The molecule has 3 N–H and O–H groups in total. The van der Waals surface area contributed by atoms with Gasteiger partial charge in [0, 0.05) is 6.42 Å². The van der Waals surface area contributed by atoms with E-state index in [9.17, 15) is 19.8 Å². The fraction of sp³-hybridized carbons (Fsp3) is 0.885. The van der Waals surface area contributed by atoms with Crippen molar-refractivity contribution in [1.82, 2.24) is 5.32 Å². The first kappa shape index (κ1) is 56.3. The van der Waals surface area contributed by atoms with E-state index in [0.717, 1.165) is 64.2 Å². The van der Waals surface area contributed by atoms with Crippen molar-refractivity contribution in [2.24, 2.45) is 0 Å². The lowest BCUT2D eigenvalue weighted by atomic mass is 10.0. The molecule has 1 amide bonds. The van der Waals surface area contributed by atoms with E-state index >= 15 is 0 Å². The molecule has 0 saturated carbocycles. The molecule has 0 aromatic carbocycles. The van der Waals surface area contributed by atoms with Gasteiger partial charge >= 0.3 is 5.97 Å². The number of nitrogens with one attached hydrogen (secondary N) is 1. The van der Waals surface area contributed by atoms with Crippen molar-refractivity contribution in [2.75, 3.05) is 6.61 Å². The summed E-state index contributed by atoms with van der Waals surface area (Å²) in [6, 6.07) is -0.701. The van der Waals surface area contributed by atoms with Crippen LogP contribution in [0.3, 0.4) is 0 Å². The average Bonchev–Trinajstić information content (AvgIpc) is 3.22. The molecule has 0 heterocycles. The van der Waals surface area contributed by atoms with E-state index in [1.807, 2.05) is 0 Å². The highest BCUT2D eigenvalue weighted by atomic mass is 16.5. The molecule has 0 spiro atoms. The normalized spacial score (nSPS) is 13.4. The Morgan fingerprint density at radius 1 is 0.500 bits per heavy atom. The molecule has 0 saturated heterocycles. The molecule has 0 aliphatic rings. The minimum atomic E-state index is -0.787. The molecular weight excluding hydrogens is 719 g/mol. The summed E-state index contributed by atoms with van der Waals surface area (Å²) in [7, 11) is 0. The highest BCUT2D eigenvalue weighted by molar-refractivity contribution is 5.77. The summed E-state index contributed by atoms with van der Waals surface area (Å²) in [5.41, 5.74) is 0. The molecule has 3 atom stereocenters. The molecule has 0 fully saturated rings. The van der Waals surface area contributed by atoms with Crippen molar-refractivity contribution < 1.29 is 24.5 Å². The second kappa shape index (κ2) is 46.4. The van der Waals surface area contributed by atoms with Gasteiger partial charge in [-0.1, -0.05) is 225 Å². The van der Waals surface area contributed by atoms with Crippen LogP contribution in [-0.4, -0.2) is 46.9 Å². The molecule has 6 nitrogen and oxygen atoms in total. The van der Waals surface area contributed by atoms with Crippen molar-refractivity contribution >= 4 is 11.9 Å². The molecule has 0 aliphatic carbocycles. The van der Waals surface area contributed by atoms with Gasteiger partial charge in [0.15, 0.2) is 0 Å². The van der Waals surface area contributed by atoms with E-state index in [0.29, 0.717) is 19.3 Å². The Hall–Kier alpha value is -1.66. The number of carbonyl (C=O) groups excluding carboxylic acids is 2. The Balaban J connectivity index is 4.55. The second-order valence-corrected chi connectivity index (χ2v) is 17.6. The van der Waals surface area contributed by atoms with Gasteiger partial charge in [0.1, 0.15) is 6.10 Å². The summed E-state index contributed by atoms with van der Waals surface area (Å²) in [6.45, 7) is 6.46. The van der Waals surface area contributed by atoms with Crippen LogP contribution >= 0.6 is 0 Å². The molecule has 0 aromatic rings. The van der Waals surface area contributed by atoms with Crippen LogP contribution in [0.1, 0.15) is 271 Å². The smallest absolute Gasteiger partial charge is 0.306 e. The third-order valence-electron chi connectivity index (χ3n) is 11.8. The lowest BCUT2D eigenvalue weighted by Gasteiger charge is -2.24. The Labute approximate surface area is 361 Å². The maximum absolute atomic E-state index is 13.2. The molecule has 342 valence electrons. The number of amides is 1. The minimum absolute atomic E-state index is 0.0731. The molecule has 6 heteroatoms. The third-order valence-corrected chi connectivity index (χ3v) is 11.8. The zero-order valence-electron chi connectivity index (χ0n) is 38.9. The Kier molecular flexibility index (Phi) is 45.1. The SMILES string of the molecule is CCCCC/C=C\C/C=C\CCCCCCCC(CC(=O)NC(CO)C(O)CCCCCCCCCCCCCCCC)OC(=O)CCCCCCCCCCCC. The van der Waals surface area contributed by atoms with E-state index in [1.165, 1.54) is 161 Å². The van der Waals surface area contributed by atoms with Crippen molar-refractivity contribution in [3.05, 3.63) is 24.3 Å². The lowest BCUT2D eigenvalue weighted by molar-refractivity contribution is -0.151. The number of hydrogen-bond acceptors (Lipinski definition) is 5. The molecule has 0 bridgehead atoms. The van der Waals surface area contributed by atoms with Crippen LogP contribution in [0.15, 0.2) is 24.3 Å². The standard InChI is InChI=1S/C52H99NO5/c1-4-7-10-13-16-19-22-24-26-27-29-31-34-37-40-43-48(58-52(57)45-42-39-36-33-21-18-15-12-9-6-3)46-51(56)53-49(47-54)50(55)44-41-38-35-32-30-28-25-23-20-17-14-11-8-5-2/h16,19,24,26,48-50,54-55H,4-15,17-18,20-23,25,27-47H2,1-3H3,(H,53,56)/b19-16-,26-24-. The fourth-order valence-corrected chi connectivity index (χ4v) is 7.87. The lowest BCUT2D eigenvalue weighted by Crippen LogP contribution is -2.46. The number of rotatable bonds is 46. The van der Waals surface area contributed by atoms with Crippen LogP contribution in [0, 0.1) is 0 Å². The Morgan fingerprint density at radius 2 is 0.879 bits per heavy atom. The van der Waals surface area contributed by atoms with E-state index in [2.05, 4.69) is 50.4 Å².